The summed E-state index contributed by atoms with van der Waals surface area (Å²) in [5.74, 6) is 0.647. The van der Waals surface area contributed by atoms with E-state index in [2.05, 4.69) is 15.3 Å². The lowest BCUT2D eigenvalue weighted by Crippen LogP contribution is -2.40. The number of halogens is 2. The smallest absolute Gasteiger partial charge is 0.404 e. The Bertz CT molecular complexity index is 432. The molecule has 2 N–H and O–H groups in total. The van der Waals surface area contributed by atoms with Gasteiger partial charge in [0.2, 0.25) is 11.2 Å². The first kappa shape index (κ1) is 13.2. The Hall–Kier alpha value is -1.27. The van der Waals surface area contributed by atoms with Crippen LogP contribution in [0.4, 0.5) is 4.79 Å². The van der Waals surface area contributed by atoms with E-state index in [0.29, 0.717) is 18.3 Å². The van der Waals surface area contributed by atoms with Crippen molar-refractivity contribution in [3.63, 3.8) is 0 Å². The minimum absolute atomic E-state index is 0.0210. The first-order valence-electron chi connectivity index (χ1n) is 5.36. The summed E-state index contributed by atoms with van der Waals surface area (Å²) in [6, 6.07) is 1.50. The molecule has 0 bridgehead atoms. The number of hydrogen-bond donors (Lipinski definition) is 2. The summed E-state index contributed by atoms with van der Waals surface area (Å²) in [5, 5.41) is 11.1. The van der Waals surface area contributed by atoms with Gasteiger partial charge in [-0.25, -0.2) is 9.78 Å². The van der Waals surface area contributed by atoms with E-state index in [9.17, 15) is 4.79 Å². The lowest BCUT2D eigenvalue weighted by Gasteiger charge is -2.34. The summed E-state index contributed by atoms with van der Waals surface area (Å²) in [6.45, 7) is 0.445. The highest BCUT2D eigenvalue weighted by molar-refractivity contribution is 6.31. The van der Waals surface area contributed by atoms with Crippen molar-refractivity contribution < 1.29 is 14.6 Å². The molecule has 1 heterocycles. The van der Waals surface area contributed by atoms with Gasteiger partial charge in [0.15, 0.2) is 0 Å². The quantitative estimate of drug-likeness (QED) is 0.656. The Morgan fingerprint density at radius 3 is 2.83 bits per heavy atom. The van der Waals surface area contributed by atoms with Gasteiger partial charge in [-0.2, -0.15) is 4.98 Å². The molecule has 1 aliphatic carbocycles. The fourth-order valence-electron chi connectivity index (χ4n) is 1.77. The molecule has 0 atom stereocenters. The molecular weight excluding hydrogens is 281 g/mol. The number of ether oxygens (including phenoxy) is 1. The fraction of sp³-hybridized carbons (Fsp3) is 0.500. The number of carboxylic acid groups (broad SMARTS) is 1. The standard InChI is InChI=1S/C10H11Cl2N3O3/c11-7-3-8(15-9(12)14-7)18-6-1-5(2-6)4-13-10(16)17/h3,5-6,13H,1-2,4H2,(H,16,17)/t5-,6-. The SMILES string of the molecule is O=C(O)NC[C@H]1C[C@H](Oc2cc(Cl)nc(Cl)n2)C1. The molecule has 0 saturated heterocycles. The van der Waals surface area contributed by atoms with Gasteiger partial charge in [-0.3, -0.25) is 0 Å². The van der Waals surface area contributed by atoms with Crippen molar-refractivity contribution in [2.24, 2.45) is 5.92 Å². The molecule has 18 heavy (non-hydrogen) atoms. The first-order valence-corrected chi connectivity index (χ1v) is 6.12. The third-order valence-electron chi connectivity index (χ3n) is 2.67. The molecule has 1 aromatic heterocycles. The van der Waals surface area contributed by atoms with Crippen molar-refractivity contribution in [3.05, 3.63) is 16.5 Å². The Labute approximate surface area is 113 Å². The van der Waals surface area contributed by atoms with Crippen molar-refractivity contribution in [2.45, 2.75) is 18.9 Å². The number of amides is 1. The second-order valence-corrected chi connectivity index (χ2v) is 4.79. The van der Waals surface area contributed by atoms with Crippen molar-refractivity contribution in [2.75, 3.05) is 6.54 Å². The summed E-state index contributed by atoms with van der Waals surface area (Å²) in [6.07, 6.45) is 0.570. The summed E-state index contributed by atoms with van der Waals surface area (Å²) in [7, 11) is 0. The molecule has 1 fully saturated rings. The lowest BCUT2D eigenvalue weighted by atomic mass is 9.82. The number of nitrogens with zero attached hydrogens (tertiary/aromatic N) is 2. The molecule has 0 spiro atoms. The second-order valence-electron chi connectivity index (χ2n) is 4.06. The van der Waals surface area contributed by atoms with E-state index in [0.717, 1.165) is 12.8 Å². The molecule has 0 radical (unpaired) electrons. The second kappa shape index (κ2) is 5.58. The Morgan fingerprint density at radius 2 is 2.22 bits per heavy atom. The number of nitrogens with one attached hydrogen (secondary N) is 1. The van der Waals surface area contributed by atoms with Crippen LogP contribution >= 0.6 is 23.2 Å². The van der Waals surface area contributed by atoms with Crippen LogP contribution in [0.3, 0.4) is 0 Å². The lowest BCUT2D eigenvalue weighted by molar-refractivity contribution is 0.0604. The normalized spacial score (nSPS) is 22.1. The minimum Gasteiger partial charge on any atom is -0.474 e. The van der Waals surface area contributed by atoms with E-state index >= 15 is 0 Å². The van der Waals surface area contributed by atoms with Crippen LogP contribution < -0.4 is 10.1 Å². The van der Waals surface area contributed by atoms with Gasteiger partial charge >= 0.3 is 6.09 Å². The van der Waals surface area contributed by atoms with E-state index in [1.807, 2.05) is 0 Å². The predicted molar refractivity (Wildman–Crippen MR) is 65.2 cm³/mol. The number of carbonyl (C=O) groups is 1. The molecule has 1 aromatic rings. The molecule has 0 unspecified atom stereocenters. The zero-order chi connectivity index (χ0) is 13.1. The van der Waals surface area contributed by atoms with Crippen LogP contribution in [0.1, 0.15) is 12.8 Å². The van der Waals surface area contributed by atoms with Crippen molar-refractivity contribution >= 4 is 29.3 Å². The zero-order valence-electron chi connectivity index (χ0n) is 9.27. The highest BCUT2D eigenvalue weighted by atomic mass is 35.5. The Kier molecular flexibility index (Phi) is 4.08. The number of aromatic nitrogens is 2. The topological polar surface area (TPSA) is 84.3 Å². The fourth-order valence-corrected chi connectivity index (χ4v) is 2.16. The molecule has 0 aliphatic heterocycles. The van der Waals surface area contributed by atoms with Gasteiger partial charge in [-0.1, -0.05) is 11.6 Å². The zero-order valence-corrected chi connectivity index (χ0v) is 10.8. The first-order chi connectivity index (χ1) is 8.52. The maximum Gasteiger partial charge on any atom is 0.404 e. The van der Waals surface area contributed by atoms with Crippen LogP contribution in [-0.2, 0) is 0 Å². The summed E-state index contributed by atoms with van der Waals surface area (Å²) < 4.78 is 5.55. The molecule has 2 rings (SSSR count). The van der Waals surface area contributed by atoms with Crippen molar-refractivity contribution in [1.82, 2.24) is 15.3 Å². The van der Waals surface area contributed by atoms with Crippen LogP contribution in [0, 0.1) is 5.92 Å². The summed E-state index contributed by atoms with van der Waals surface area (Å²) >= 11 is 11.4. The Balaban J connectivity index is 1.78. The average Bonchev–Trinajstić information content (AvgIpc) is 2.19. The van der Waals surface area contributed by atoms with Crippen molar-refractivity contribution in [1.29, 1.82) is 0 Å². The van der Waals surface area contributed by atoms with Gasteiger partial charge in [-0.05, 0) is 30.4 Å². The van der Waals surface area contributed by atoms with Crippen molar-refractivity contribution in [3.8, 4) is 5.88 Å². The molecule has 6 nitrogen and oxygen atoms in total. The van der Waals surface area contributed by atoms with Gasteiger partial charge in [0, 0.05) is 12.6 Å². The molecule has 98 valence electrons. The number of rotatable bonds is 4. The molecule has 1 aliphatic rings. The average molecular weight is 292 g/mol. The molecule has 0 aromatic carbocycles. The number of hydrogen-bond acceptors (Lipinski definition) is 4. The summed E-state index contributed by atoms with van der Waals surface area (Å²) in [5.41, 5.74) is 0. The Morgan fingerprint density at radius 1 is 1.50 bits per heavy atom. The van der Waals surface area contributed by atoms with E-state index in [1.165, 1.54) is 6.07 Å². The molecule has 1 amide bonds. The van der Waals surface area contributed by atoms with E-state index < -0.39 is 6.09 Å². The van der Waals surface area contributed by atoms with Gasteiger partial charge < -0.3 is 15.2 Å². The minimum atomic E-state index is -1.01. The summed E-state index contributed by atoms with van der Waals surface area (Å²) in [4.78, 5) is 17.9. The van der Waals surface area contributed by atoms with Crippen LogP contribution in [0.15, 0.2) is 6.07 Å². The van der Waals surface area contributed by atoms with Gasteiger partial charge in [-0.15, -0.1) is 0 Å². The van der Waals surface area contributed by atoms with Crippen LogP contribution in [0.5, 0.6) is 5.88 Å². The third-order valence-corrected chi connectivity index (χ3v) is 3.03. The van der Waals surface area contributed by atoms with Crippen LogP contribution in [0.2, 0.25) is 10.4 Å². The monoisotopic (exact) mass is 291 g/mol. The maximum absolute atomic E-state index is 10.3. The van der Waals surface area contributed by atoms with Gasteiger partial charge in [0.05, 0.1) is 0 Å². The molecule has 8 heteroatoms. The van der Waals surface area contributed by atoms with Crippen LogP contribution in [-0.4, -0.2) is 33.8 Å². The van der Waals surface area contributed by atoms with Gasteiger partial charge in [0.1, 0.15) is 11.3 Å². The predicted octanol–water partition coefficient (Wildman–Crippen LogP) is 2.21. The molecule has 1 saturated carbocycles. The highest BCUT2D eigenvalue weighted by Crippen LogP contribution is 2.31. The molecular formula is C10H11Cl2N3O3. The van der Waals surface area contributed by atoms with Gasteiger partial charge in [0.25, 0.3) is 0 Å². The van der Waals surface area contributed by atoms with Crippen LogP contribution in [0.25, 0.3) is 0 Å². The third kappa shape index (κ3) is 3.61. The highest BCUT2D eigenvalue weighted by Gasteiger charge is 2.31. The van der Waals surface area contributed by atoms with E-state index in [4.69, 9.17) is 33.0 Å². The van der Waals surface area contributed by atoms with E-state index in [1.54, 1.807) is 0 Å². The van der Waals surface area contributed by atoms with E-state index in [-0.39, 0.29) is 16.5 Å². The largest absolute Gasteiger partial charge is 0.474 e. The maximum atomic E-state index is 10.3.